The SMILES string of the molecule is CCN(CC)CCCN1C(=O)C(=O)C(=C(O)c2cnn(-c3ccccc3)c2C)[C@H]1c1ccco1. The molecule has 1 fully saturated rings. The number of carbonyl (C=O) groups is 2. The van der Waals surface area contributed by atoms with Gasteiger partial charge in [-0.3, -0.25) is 9.59 Å². The third-order valence-corrected chi connectivity index (χ3v) is 6.39. The maximum atomic E-state index is 13.1. The Morgan fingerprint density at radius 2 is 1.85 bits per heavy atom. The smallest absolute Gasteiger partial charge is 0.295 e. The molecule has 3 aromatic rings. The zero-order valence-corrected chi connectivity index (χ0v) is 19.8. The van der Waals surface area contributed by atoms with E-state index in [-0.39, 0.29) is 11.3 Å². The Balaban J connectivity index is 1.72. The van der Waals surface area contributed by atoms with Crippen molar-refractivity contribution in [3.05, 3.63) is 77.5 Å². The molecule has 0 saturated carbocycles. The van der Waals surface area contributed by atoms with Gasteiger partial charge in [0.05, 0.1) is 35.0 Å². The van der Waals surface area contributed by atoms with E-state index in [1.54, 1.807) is 16.8 Å². The number of hydrogen-bond acceptors (Lipinski definition) is 6. The van der Waals surface area contributed by atoms with Gasteiger partial charge in [-0.1, -0.05) is 32.0 Å². The van der Waals surface area contributed by atoms with Crippen molar-refractivity contribution in [3.8, 4) is 5.69 Å². The van der Waals surface area contributed by atoms with Crippen LogP contribution in [0.4, 0.5) is 0 Å². The van der Waals surface area contributed by atoms with Crippen LogP contribution >= 0.6 is 0 Å². The molecule has 178 valence electrons. The number of rotatable bonds is 9. The standard InChI is InChI=1S/C26H30N4O4/c1-4-28(5-2)14-10-15-29-23(21-13-9-16-34-21)22(25(32)26(29)33)24(31)20-17-27-30(18(20)3)19-11-7-6-8-12-19/h6-9,11-13,16-17,23,31H,4-5,10,14-15H2,1-3H3/t23-/m1/s1. The highest BCUT2D eigenvalue weighted by Gasteiger charge is 2.47. The molecule has 3 heterocycles. The van der Waals surface area contributed by atoms with Gasteiger partial charge >= 0.3 is 0 Å². The summed E-state index contributed by atoms with van der Waals surface area (Å²) in [5, 5.41) is 15.7. The van der Waals surface area contributed by atoms with Gasteiger partial charge in [-0.15, -0.1) is 0 Å². The normalized spacial score (nSPS) is 17.8. The molecule has 1 N–H and O–H groups in total. The molecule has 1 atom stereocenters. The molecule has 1 amide bonds. The van der Waals surface area contributed by atoms with Gasteiger partial charge in [-0.25, -0.2) is 4.68 Å². The molecule has 1 aliphatic heterocycles. The number of hydrogen-bond donors (Lipinski definition) is 1. The number of Topliss-reactive ketones (excluding diaryl/α,β-unsaturated/α-hetero) is 1. The second-order valence-electron chi connectivity index (χ2n) is 8.28. The lowest BCUT2D eigenvalue weighted by atomic mass is 9.99. The number of furan rings is 1. The molecular weight excluding hydrogens is 432 g/mol. The Labute approximate surface area is 199 Å². The van der Waals surface area contributed by atoms with E-state index >= 15 is 0 Å². The first kappa shape index (κ1) is 23.5. The van der Waals surface area contributed by atoms with Gasteiger partial charge in [-0.2, -0.15) is 5.10 Å². The fourth-order valence-corrected chi connectivity index (χ4v) is 4.47. The van der Waals surface area contributed by atoms with Crippen LogP contribution in [0.25, 0.3) is 11.4 Å². The van der Waals surface area contributed by atoms with Crippen LogP contribution in [0.2, 0.25) is 0 Å². The maximum Gasteiger partial charge on any atom is 0.295 e. The number of ketones is 1. The summed E-state index contributed by atoms with van der Waals surface area (Å²) in [6.45, 7) is 9.03. The first-order chi connectivity index (χ1) is 16.5. The first-order valence-electron chi connectivity index (χ1n) is 11.6. The van der Waals surface area contributed by atoms with Crippen LogP contribution in [0.15, 0.2) is 64.9 Å². The van der Waals surface area contributed by atoms with Crippen LogP contribution in [0.5, 0.6) is 0 Å². The number of likely N-dealkylation sites (tertiary alicyclic amines) is 1. The summed E-state index contributed by atoms with van der Waals surface area (Å²) in [6, 6.07) is 12.2. The number of benzene rings is 1. The van der Waals surface area contributed by atoms with E-state index in [9.17, 15) is 14.7 Å². The number of aromatic nitrogens is 2. The molecule has 0 spiro atoms. The lowest BCUT2D eigenvalue weighted by Gasteiger charge is -2.25. The summed E-state index contributed by atoms with van der Waals surface area (Å²) in [5.41, 5.74) is 1.92. The quantitative estimate of drug-likeness (QED) is 0.294. The summed E-state index contributed by atoms with van der Waals surface area (Å²) >= 11 is 0. The van der Waals surface area contributed by atoms with Gasteiger partial charge in [0, 0.05) is 6.54 Å². The van der Waals surface area contributed by atoms with E-state index in [4.69, 9.17) is 4.42 Å². The fourth-order valence-electron chi connectivity index (χ4n) is 4.47. The highest BCUT2D eigenvalue weighted by molar-refractivity contribution is 6.46. The molecule has 1 aromatic carbocycles. The van der Waals surface area contributed by atoms with Crippen molar-refractivity contribution in [2.45, 2.75) is 33.2 Å². The summed E-state index contributed by atoms with van der Waals surface area (Å²) in [7, 11) is 0. The number of nitrogens with zero attached hydrogens (tertiary/aromatic N) is 4. The zero-order valence-electron chi connectivity index (χ0n) is 19.8. The van der Waals surface area contributed by atoms with Gasteiger partial charge in [0.15, 0.2) is 0 Å². The topological polar surface area (TPSA) is 91.8 Å². The monoisotopic (exact) mass is 462 g/mol. The van der Waals surface area contributed by atoms with E-state index in [1.165, 1.54) is 17.4 Å². The Kier molecular flexibility index (Phi) is 6.98. The van der Waals surface area contributed by atoms with E-state index < -0.39 is 17.7 Å². The van der Waals surface area contributed by atoms with Crippen LogP contribution in [0.1, 0.15) is 43.3 Å². The molecule has 1 saturated heterocycles. The van der Waals surface area contributed by atoms with Crippen LogP contribution in [-0.2, 0) is 9.59 Å². The Bertz CT molecular complexity index is 1180. The predicted octanol–water partition coefficient (Wildman–Crippen LogP) is 3.93. The third kappa shape index (κ3) is 4.28. The molecule has 1 aliphatic rings. The van der Waals surface area contributed by atoms with Crippen molar-refractivity contribution in [1.29, 1.82) is 0 Å². The number of amides is 1. The molecule has 8 heteroatoms. The van der Waals surface area contributed by atoms with Crippen molar-refractivity contribution < 1.29 is 19.1 Å². The van der Waals surface area contributed by atoms with E-state index in [1.807, 2.05) is 37.3 Å². The van der Waals surface area contributed by atoms with Crippen LogP contribution in [0.3, 0.4) is 0 Å². The lowest BCUT2D eigenvalue weighted by molar-refractivity contribution is -0.140. The molecule has 0 radical (unpaired) electrons. The van der Waals surface area contributed by atoms with Crippen LogP contribution in [0, 0.1) is 6.92 Å². The molecule has 34 heavy (non-hydrogen) atoms. The third-order valence-electron chi connectivity index (χ3n) is 6.39. The number of carbonyl (C=O) groups excluding carboxylic acids is 2. The Hall–Kier alpha value is -3.65. The molecule has 8 nitrogen and oxygen atoms in total. The van der Waals surface area contributed by atoms with Crippen LogP contribution in [-0.4, -0.2) is 62.6 Å². The van der Waals surface area contributed by atoms with E-state index in [2.05, 4.69) is 23.8 Å². The minimum Gasteiger partial charge on any atom is -0.507 e. The van der Waals surface area contributed by atoms with Gasteiger partial charge in [0.2, 0.25) is 0 Å². The van der Waals surface area contributed by atoms with E-state index in [0.717, 1.165) is 25.3 Å². The second kappa shape index (κ2) is 10.1. The average molecular weight is 463 g/mol. The lowest BCUT2D eigenvalue weighted by Crippen LogP contribution is -2.33. The minimum absolute atomic E-state index is 0.0264. The predicted molar refractivity (Wildman–Crippen MR) is 128 cm³/mol. The van der Waals surface area contributed by atoms with Gasteiger partial charge in [0.25, 0.3) is 11.7 Å². The van der Waals surface area contributed by atoms with Crippen molar-refractivity contribution in [2.75, 3.05) is 26.2 Å². The number of aliphatic hydroxyl groups is 1. The van der Waals surface area contributed by atoms with Gasteiger partial charge < -0.3 is 19.3 Å². The summed E-state index contributed by atoms with van der Waals surface area (Å²) in [4.78, 5) is 30.0. The van der Waals surface area contributed by atoms with Crippen molar-refractivity contribution in [2.24, 2.45) is 0 Å². The second-order valence-corrected chi connectivity index (χ2v) is 8.28. The van der Waals surface area contributed by atoms with Gasteiger partial charge in [-0.05, 0) is 57.2 Å². The summed E-state index contributed by atoms with van der Waals surface area (Å²) < 4.78 is 7.30. The first-order valence-corrected chi connectivity index (χ1v) is 11.6. The average Bonchev–Trinajstić information content (AvgIpc) is 3.57. The highest BCUT2D eigenvalue weighted by Crippen LogP contribution is 2.40. The van der Waals surface area contributed by atoms with Crippen LogP contribution < -0.4 is 0 Å². The molecule has 2 aromatic heterocycles. The van der Waals surface area contributed by atoms with Gasteiger partial charge in [0.1, 0.15) is 17.6 Å². The molecule has 0 bridgehead atoms. The minimum atomic E-state index is -0.786. The van der Waals surface area contributed by atoms with Crippen molar-refractivity contribution in [3.63, 3.8) is 0 Å². The highest BCUT2D eigenvalue weighted by atomic mass is 16.3. The zero-order chi connectivity index (χ0) is 24.2. The summed E-state index contributed by atoms with van der Waals surface area (Å²) in [5.74, 6) is -1.15. The maximum absolute atomic E-state index is 13.1. The largest absolute Gasteiger partial charge is 0.507 e. The summed E-state index contributed by atoms with van der Waals surface area (Å²) in [6.07, 6.45) is 3.73. The van der Waals surface area contributed by atoms with Crippen molar-refractivity contribution >= 4 is 17.4 Å². The molecular formula is C26H30N4O4. The molecule has 0 aliphatic carbocycles. The fraction of sp³-hybridized carbons (Fsp3) is 0.346. The number of para-hydroxylation sites is 1. The Morgan fingerprint density at radius 1 is 1.12 bits per heavy atom. The van der Waals surface area contributed by atoms with E-state index in [0.29, 0.717) is 30.0 Å². The number of aliphatic hydroxyl groups excluding tert-OH is 1. The Morgan fingerprint density at radius 3 is 2.50 bits per heavy atom. The molecule has 4 rings (SSSR count). The van der Waals surface area contributed by atoms with Crippen molar-refractivity contribution in [1.82, 2.24) is 19.6 Å². The molecule has 0 unspecified atom stereocenters.